The van der Waals surface area contributed by atoms with Gasteiger partial charge in [-0.1, -0.05) is 55.2 Å². The van der Waals surface area contributed by atoms with E-state index in [1.165, 1.54) is 11.1 Å². The van der Waals surface area contributed by atoms with Gasteiger partial charge < -0.3 is 15.0 Å². The molecule has 2 unspecified atom stereocenters. The molecule has 13 heteroatoms. The number of carbonyl (C=O) groups is 3. The number of amides is 4. The summed E-state index contributed by atoms with van der Waals surface area (Å²) in [4.78, 5) is 49.2. The number of likely N-dealkylation sites (tertiary alicyclic amines) is 1. The van der Waals surface area contributed by atoms with Crippen LogP contribution in [0, 0.1) is 5.92 Å². The van der Waals surface area contributed by atoms with Crippen molar-refractivity contribution in [1.82, 2.24) is 25.7 Å². The van der Waals surface area contributed by atoms with Crippen LogP contribution in [0.4, 0.5) is 10.6 Å². The van der Waals surface area contributed by atoms with E-state index in [9.17, 15) is 19.6 Å². The number of pyridine rings is 2. The van der Waals surface area contributed by atoms with Crippen molar-refractivity contribution in [3.05, 3.63) is 82.2 Å². The minimum absolute atomic E-state index is 0.0575. The standard InChI is InChI=1S/C28H30Cl2N6O5/c1-17(2)13-21(25(37)35-40)36-12-10-28(26(36)38,34-27(39)33-24-5-3-4-11-31-24)19-6-8-20(9-7-19)41-16-18-14-22(29)32-23(30)15-18/h3-9,11,14-15,17,21,40H,10,12-13,16H2,1-2H3,(H,35,37)(H2,31,33,34,39). The van der Waals surface area contributed by atoms with Crippen LogP contribution in [-0.4, -0.2) is 50.5 Å². The van der Waals surface area contributed by atoms with Crippen molar-refractivity contribution >= 4 is 46.9 Å². The van der Waals surface area contributed by atoms with Crippen molar-refractivity contribution in [2.24, 2.45) is 5.92 Å². The third-order valence-electron chi connectivity index (χ3n) is 6.65. The van der Waals surface area contributed by atoms with E-state index in [0.29, 0.717) is 23.6 Å². The Bertz CT molecular complexity index is 1370. The molecule has 4 rings (SSSR count). The SMILES string of the molecule is CC(C)CC(C(=O)NO)N1CCC(NC(=O)Nc2ccccn2)(c2ccc(OCc3cc(Cl)nc(Cl)c3)cc2)C1=O. The summed E-state index contributed by atoms with van der Waals surface area (Å²) in [7, 11) is 0. The number of rotatable bonds is 10. The Morgan fingerprint density at radius 1 is 1.12 bits per heavy atom. The van der Waals surface area contributed by atoms with Crippen molar-refractivity contribution in [2.75, 3.05) is 11.9 Å². The lowest BCUT2D eigenvalue weighted by Gasteiger charge is -2.32. The second kappa shape index (κ2) is 13.2. The summed E-state index contributed by atoms with van der Waals surface area (Å²) in [6.45, 7) is 4.18. The number of urea groups is 1. The van der Waals surface area contributed by atoms with Crippen LogP contribution in [0.2, 0.25) is 10.3 Å². The Hall–Kier alpha value is -3.93. The number of hydrogen-bond acceptors (Lipinski definition) is 7. The summed E-state index contributed by atoms with van der Waals surface area (Å²) >= 11 is 11.9. The number of aromatic nitrogens is 2. The number of halogens is 2. The molecule has 2 atom stereocenters. The number of hydrogen-bond donors (Lipinski definition) is 4. The van der Waals surface area contributed by atoms with E-state index in [1.54, 1.807) is 60.1 Å². The van der Waals surface area contributed by atoms with Gasteiger partial charge in [-0.3, -0.25) is 20.1 Å². The van der Waals surface area contributed by atoms with Crippen molar-refractivity contribution in [3.63, 3.8) is 0 Å². The predicted octanol–water partition coefficient (Wildman–Crippen LogP) is 4.53. The zero-order valence-electron chi connectivity index (χ0n) is 22.4. The number of benzene rings is 1. The molecular weight excluding hydrogens is 571 g/mol. The fourth-order valence-corrected chi connectivity index (χ4v) is 5.28. The summed E-state index contributed by atoms with van der Waals surface area (Å²) in [6.07, 6.45) is 2.04. The highest BCUT2D eigenvalue weighted by atomic mass is 35.5. The topological polar surface area (TPSA) is 146 Å². The minimum atomic E-state index is -1.49. The number of nitrogens with one attached hydrogen (secondary N) is 3. The van der Waals surface area contributed by atoms with Crippen LogP contribution >= 0.6 is 23.2 Å². The van der Waals surface area contributed by atoms with Crippen molar-refractivity contribution in [3.8, 4) is 5.75 Å². The van der Waals surface area contributed by atoms with Crippen LogP contribution in [0.25, 0.3) is 0 Å². The molecule has 0 bridgehead atoms. The summed E-state index contributed by atoms with van der Waals surface area (Å²) in [5, 5.41) is 15.3. The average molecular weight is 601 g/mol. The largest absolute Gasteiger partial charge is 0.489 e. The highest BCUT2D eigenvalue weighted by molar-refractivity contribution is 6.32. The normalized spacial score (nSPS) is 17.3. The lowest BCUT2D eigenvalue weighted by Crippen LogP contribution is -2.56. The number of anilines is 1. The lowest BCUT2D eigenvalue weighted by atomic mass is 9.88. The minimum Gasteiger partial charge on any atom is -0.489 e. The van der Waals surface area contributed by atoms with Gasteiger partial charge in [-0.2, -0.15) is 0 Å². The molecule has 1 fully saturated rings. The van der Waals surface area contributed by atoms with Crippen LogP contribution in [0.15, 0.2) is 60.8 Å². The fraction of sp³-hybridized carbons (Fsp3) is 0.321. The molecule has 4 N–H and O–H groups in total. The highest BCUT2D eigenvalue weighted by Crippen LogP contribution is 2.36. The van der Waals surface area contributed by atoms with Gasteiger partial charge in [0, 0.05) is 19.2 Å². The Balaban J connectivity index is 1.61. The molecule has 216 valence electrons. The smallest absolute Gasteiger partial charge is 0.321 e. The maximum absolute atomic E-state index is 14.1. The molecule has 4 amide bonds. The maximum atomic E-state index is 14.1. The van der Waals surface area contributed by atoms with E-state index >= 15 is 0 Å². The first-order valence-electron chi connectivity index (χ1n) is 12.9. The van der Waals surface area contributed by atoms with E-state index in [2.05, 4.69) is 20.6 Å². The molecule has 3 aromatic rings. The second-order valence-corrected chi connectivity index (χ2v) is 10.8. The summed E-state index contributed by atoms with van der Waals surface area (Å²) < 4.78 is 5.86. The fourth-order valence-electron chi connectivity index (χ4n) is 4.77. The summed E-state index contributed by atoms with van der Waals surface area (Å²) in [5.74, 6) is -0.300. The first-order chi connectivity index (χ1) is 19.6. The monoisotopic (exact) mass is 600 g/mol. The molecule has 41 heavy (non-hydrogen) atoms. The average Bonchev–Trinajstić information content (AvgIpc) is 3.26. The molecule has 0 saturated carbocycles. The second-order valence-electron chi connectivity index (χ2n) is 10.0. The maximum Gasteiger partial charge on any atom is 0.321 e. The Morgan fingerprint density at radius 2 is 1.83 bits per heavy atom. The molecule has 0 spiro atoms. The zero-order chi connectivity index (χ0) is 29.6. The van der Waals surface area contributed by atoms with Crippen LogP contribution in [-0.2, 0) is 21.7 Å². The molecule has 1 aromatic carbocycles. The number of hydroxylamine groups is 1. The quantitative estimate of drug-likeness (QED) is 0.152. The van der Waals surface area contributed by atoms with Gasteiger partial charge in [0.15, 0.2) is 0 Å². The van der Waals surface area contributed by atoms with Gasteiger partial charge in [0.2, 0.25) is 0 Å². The molecule has 1 saturated heterocycles. The molecule has 1 aliphatic heterocycles. The first-order valence-corrected chi connectivity index (χ1v) is 13.7. The molecule has 3 heterocycles. The Labute approximate surface area is 247 Å². The van der Waals surface area contributed by atoms with Crippen LogP contribution in [0.1, 0.15) is 37.8 Å². The number of carbonyl (C=O) groups excluding carboxylic acids is 3. The van der Waals surface area contributed by atoms with E-state index in [1.807, 2.05) is 13.8 Å². The predicted molar refractivity (Wildman–Crippen MR) is 153 cm³/mol. The third-order valence-corrected chi connectivity index (χ3v) is 7.03. The van der Waals surface area contributed by atoms with E-state index in [4.69, 9.17) is 27.9 Å². The third kappa shape index (κ3) is 7.24. The zero-order valence-corrected chi connectivity index (χ0v) is 23.9. The van der Waals surface area contributed by atoms with Gasteiger partial charge in [-0.25, -0.2) is 20.2 Å². The van der Waals surface area contributed by atoms with E-state index in [-0.39, 0.29) is 35.8 Å². The van der Waals surface area contributed by atoms with Crippen LogP contribution < -0.4 is 20.9 Å². The van der Waals surface area contributed by atoms with Gasteiger partial charge in [0.1, 0.15) is 40.1 Å². The molecular formula is C28H30Cl2N6O5. The summed E-state index contributed by atoms with van der Waals surface area (Å²) in [5.41, 5.74) is 1.40. The van der Waals surface area contributed by atoms with Crippen molar-refractivity contribution in [2.45, 2.75) is 44.9 Å². The Morgan fingerprint density at radius 3 is 2.44 bits per heavy atom. The van der Waals surface area contributed by atoms with Crippen LogP contribution in [0.3, 0.4) is 0 Å². The van der Waals surface area contributed by atoms with Gasteiger partial charge in [0.05, 0.1) is 0 Å². The van der Waals surface area contributed by atoms with Crippen molar-refractivity contribution in [1.29, 1.82) is 0 Å². The molecule has 0 radical (unpaired) electrons. The molecule has 0 aliphatic carbocycles. The first kappa shape index (κ1) is 30.0. The van der Waals surface area contributed by atoms with Crippen LogP contribution in [0.5, 0.6) is 5.75 Å². The Kier molecular flexibility index (Phi) is 9.64. The van der Waals surface area contributed by atoms with Crippen molar-refractivity contribution < 1.29 is 24.3 Å². The highest BCUT2D eigenvalue weighted by Gasteiger charge is 2.52. The van der Waals surface area contributed by atoms with E-state index in [0.717, 1.165) is 5.56 Å². The van der Waals surface area contributed by atoms with Gasteiger partial charge in [0.25, 0.3) is 11.8 Å². The van der Waals surface area contributed by atoms with Gasteiger partial charge in [-0.15, -0.1) is 0 Å². The van der Waals surface area contributed by atoms with Gasteiger partial charge in [-0.05, 0) is 59.9 Å². The van der Waals surface area contributed by atoms with Gasteiger partial charge >= 0.3 is 6.03 Å². The summed E-state index contributed by atoms with van der Waals surface area (Å²) in [6, 6.07) is 13.5. The molecule has 1 aliphatic rings. The molecule has 11 nitrogen and oxygen atoms in total. The number of nitrogens with zero attached hydrogens (tertiary/aromatic N) is 3. The molecule has 2 aromatic heterocycles. The lowest BCUT2D eigenvalue weighted by molar-refractivity contribution is -0.145. The number of ether oxygens (including phenoxy) is 1. The van der Waals surface area contributed by atoms with E-state index < -0.39 is 29.4 Å².